The van der Waals surface area contributed by atoms with E-state index in [-0.39, 0.29) is 12.3 Å². The number of thiazole rings is 1. The summed E-state index contributed by atoms with van der Waals surface area (Å²) in [5, 5.41) is 14.9. The second-order valence-electron chi connectivity index (χ2n) is 5.32. The molecular formula is C17H20N2O4S. The lowest BCUT2D eigenvalue weighted by Gasteiger charge is -2.15. The number of nitrogens with zero attached hydrogens (tertiary/aromatic N) is 1. The zero-order valence-corrected chi connectivity index (χ0v) is 14.4. The van der Waals surface area contributed by atoms with Gasteiger partial charge in [0.05, 0.1) is 17.8 Å². The van der Waals surface area contributed by atoms with E-state index in [1.54, 1.807) is 35.6 Å². The number of carbonyl (C=O) groups is 2. The number of carbonyl (C=O) groups excluding carboxylic acids is 1. The Labute approximate surface area is 144 Å². The van der Waals surface area contributed by atoms with Crippen molar-refractivity contribution in [1.29, 1.82) is 0 Å². The molecule has 24 heavy (non-hydrogen) atoms. The van der Waals surface area contributed by atoms with Gasteiger partial charge in [0.2, 0.25) is 5.91 Å². The fourth-order valence-electron chi connectivity index (χ4n) is 2.27. The average molecular weight is 348 g/mol. The Morgan fingerprint density at radius 2 is 2.04 bits per heavy atom. The van der Waals surface area contributed by atoms with E-state index >= 15 is 0 Å². The Morgan fingerprint density at radius 1 is 1.33 bits per heavy atom. The number of benzene rings is 1. The van der Waals surface area contributed by atoms with E-state index < -0.39 is 12.0 Å². The van der Waals surface area contributed by atoms with E-state index in [0.717, 1.165) is 10.7 Å². The minimum absolute atomic E-state index is 0.260. The number of amides is 1. The quantitative estimate of drug-likeness (QED) is 0.766. The first kappa shape index (κ1) is 17.9. The second kappa shape index (κ2) is 8.44. The van der Waals surface area contributed by atoms with Crippen molar-refractivity contribution in [2.45, 2.75) is 32.2 Å². The first-order chi connectivity index (χ1) is 11.5. The van der Waals surface area contributed by atoms with Crippen LogP contribution in [0.3, 0.4) is 0 Å². The Morgan fingerprint density at radius 3 is 2.58 bits per heavy atom. The molecule has 0 spiro atoms. The van der Waals surface area contributed by atoms with Crippen LogP contribution >= 0.6 is 11.3 Å². The Hall–Kier alpha value is -2.41. The number of aryl methyl sites for hydroxylation is 2. The summed E-state index contributed by atoms with van der Waals surface area (Å²) in [6.45, 7) is 1.94. The first-order valence-corrected chi connectivity index (χ1v) is 8.44. The molecule has 1 aromatic carbocycles. The number of aliphatic carboxylic acids is 1. The monoisotopic (exact) mass is 348 g/mol. The summed E-state index contributed by atoms with van der Waals surface area (Å²) < 4.78 is 5.05. The van der Waals surface area contributed by atoms with E-state index in [9.17, 15) is 14.7 Å². The van der Waals surface area contributed by atoms with Crippen LogP contribution < -0.4 is 10.1 Å². The van der Waals surface area contributed by atoms with Gasteiger partial charge in [0.25, 0.3) is 0 Å². The van der Waals surface area contributed by atoms with Crippen molar-refractivity contribution in [2.24, 2.45) is 0 Å². The molecule has 0 radical (unpaired) electrons. The van der Waals surface area contributed by atoms with Crippen LogP contribution in [0.5, 0.6) is 5.75 Å². The molecule has 0 fully saturated rings. The summed E-state index contributed by atoms with van der Waals surface area (Å²) in [7, 11) is 1.54. The number of aromatic nitrogens is 1. The summed E-state index contributed by atoms with van der Waals surface area (Å²) >= 11 is 1.58. The van der Waals surface area contributed by atoms with Crippen LogP contribution in [0.1, 0.15) is 35.1 Å². The highest BCUT2D eigenvalue weighted by atomic mass is 32.1. The third-order valence-electron chi connectivity index (χ3n) is 3.50. The molecule has 6 nitrogen and oxygen atoms in total. The van der Waals surface area contributed by atoms with Gasteiger partial charge in [-0.15, -0.1) is 11.3 Å². The summed E-state index contributed by atoms with van der Waals surface area (Å²) in [5.74, 6) is -0.749. The van der Waals surface area contributed by atoms with Crippen molar-refractivity contribution in [1.82, 2.24) is 10.3 Å². The van der Waals surface area contributed by atoms with Gasteiger partial charge < -0.3 is 15.2 Å². The van der Waals surface area contributed by atoms with E-state index in [4.69, 9.17) is 4.74 Å². The van der Waals surface area contributed by atoms with Gasteiger partial charge in [-0.3, -0.25) is 4.79 Å². The third kappa shape index (κ3) is 5.06. The molecule has 1 amide bonds. The normalized spacial score (nSPS) is 11.8. The molecule has 128 valence electrons. The largest absolute Gasteiger partial charge is 0.497 e. The maximum Gasteiger partial charge on any atom is 0.330 e. The number of hydrogen-bond acceptors (Lipinski definition) is 5. The summed E-state index contributed by atoms with van der Waals surface area (Å²) in [6.07, 6.45) is 1.60. The van der Waals surface area contributed by atoms with Crippen LogP contribution in [0.4, 0.5) is 0 Å². The topological polar surface area (TPSA) is 88.5 Å². The SMILES string of the molecule is COc1ccc(C(NC(=O)CCCc2csc(C)n2)C(=O)O)cc1. The van der Waals surface area contributed by atoms with Crippen molar-refractivity contribution in [3.8, 4) is 5.75 Å². The molecule has 2 N–H and O–H groups in total. The van der Waals surface area contributed by atoms with Gasteiger partial charge in [-0.1, -0.05) is 12.1 Å². The van der Waals surface area contributed by atoms with Gasteiger partial charge in [0.15, 0.2) is 6.04 Å². The standard InChI is InChI=1S/C17H20N2O4S/c1-11-18-13(10-24-11)4-3-5-15(20)19-16(17(21)22)12-6-8-14(23-2)9-7-12/h6-10,16H,3-5H2,1-2H3,(H,19,20)(H,21,22). The molecule has 1 unspecified atom stereocenters. The molecular weight excluding hydrogens is 328 g/mol. The summed E-state index contributed by atoms with van der Waals surface area (Å²) in [6, 6.07) is 5.54. The van der Waals surface area contributed by atoms with Crippen LogP contribution in [-0.4, -0.2) is 29.1 Å². The first-order valence-electron chi connectivity index (χ1n) is 7.56. The van der Waals surface area contributed by atoms with Crippen LogP contribution in [0, 0.1) is 6.92 Å². The number of ether oxygens (including phenoxy) is 1. The predicted molar refractivity (Wildman–Crippen MR) is 91.3 cm³/mol. The molecule has 0 aliphatic carbocycles. The molecule has 2 aromatic rings. The van der Waals surface area contributed by atoms with Gasteiger partial charge in [0.1, 0.15) is 5.75 Å². The minimum Gasteiger partial charge on any atom is -0.497 e. The second-order valence-corrected chi connectivity index (χ2v) is 6.39. The summed E-state index contributed by atoms with van der Waals surface area (Å²) in [5.41, 5.74) is 1.47. The lowest BCUT2D eigenvalue weighted by Crippen LogP contribution is -2.33. The zero-order chi connectivity index (χ0) is 17.5. The van der Waals surface area contributed by atoms with Crippen molar-refractivity contribution in [2.75, 3.05) is 7.11 Å². The smallest absolute Gasteiger partial charge is 0.330 e. The summed E-state index contributed by atoms with van der Waals surface area (Å²) in [4.78, 5) is 27.8. The fourth-order valence-corrected chi connectivity index (χ4v) is 2.92. The molecule has 0 bridgehead atoms. The molecule has 2 rings (SSSR count). The van der Waals surface area contributed by atoms with Crippen LogP contribution in [0.25, 0.3) is 0 Å². The van der Waals surface area contributed by atoms with Gasteiger partial charge in [-0.2, -0.15) is 0 Å². The van der Waals surface area contributed by atoms with Crippen molar-refractivity contribution >= 4 is 23.2 Å². The molecule has 0 saturated heterocycles. The van der Waals surface area contributed by atoms with Gasteiger partial charge in [-0.25, -0.2) is 9.78 Å². The molecule has 1 heterocycles. The molecule has 7 heteroatoms. The molecule has 0 aliphatic rings. The zero-order valence-electron chi connectivity index (χ0n) is 13.6. The van der Waals surface area contributed by atoms with Crippen LogP contribution in [-0.2, 0) is 16.0 Å². The average Bonchev–Trinajstić information content (AvgIpc) is 2.98. The lowest BCUT2D eigenvalue weighted by molar-refractivity contribution is -0.142. The number of carboxylic acids is 1. The highest BCUT2D eigenvalue weighted by Crippen LogP contribution is 2.18. The van der Waals surface area contributed by atoms with Crippen LogP contribution in [0.15, 0.2) is 29.6 Å². The Balaban J connectivity index is 1.89. The van der Waals surface area contributed by atoms with E-state index in [0.29, 0.717) is 24.2 Å². The number of methoxy groups -OCH3 is 1. The van der Waals surface area contributed by atoms with Gasteiger partial charge >= 0.3 is 5.97 Å². The van der Waals surface area contributed by atoms with Crippen molar-refractivity contribution in [3.05, 3.63) is 45.9 Å². The highest BCUT2D eigenvalue weighted by molar-refractivity contribution is 7.09. The number of carboxylic acid groups (broad SMARTS) is 1. The van der Waals surface area contributed by atoms with E-state index in [1.807, 2.05) is 12.3 Å². The fraction of sp³-hybridized carbons (Fsp3) is 0.353. The number of hydrogen-bond donors (Lipinski definition) is 2. The third-order valence-corrected chi connectivity index (χ3v) is 4.33. The predicted octanol–water partition coefficient (Wildman–Crippen LogP) is 2.72. The molecule has 1 aromatic heterocycles. The van der Waals surface area contributed by atoms with Gasteiger partial charge in [-0.05, 0) is 37.5 Å². The molecule has 0 saturated carbocycles. The maximum atomic E-state index is 12.0. The maximum absolute atomic E-state index is 12.0. The van der Waals surface area contributed by atoms with E-state index in [1.165, 1.54) is 7.11 Å². The molecule has 1 atom stereocenters. The molecule has 0 aliphatic heterocycles. The minimum atomic E-state index is -1.09. The van der Waals surface area contributed by atoms with Crippen LogP contribution in [0.2, 0.25) is 0 Å². The number of rotatable bonds is 8. The number of nitrogens with one attached hydrogen (secondary N) is 1. The van der Waals surface area contributed by atoms with Crippen molar-refractivity contribution in [3.63, 3.8) is 0 Å². The van der Waals surface area contributed by atoms with Crippen molar-refractivity contribution < 1.29 is 19.4 Å². The Bertz CT molecular complexity index is 697. The van der Waals surface area contributed by atoms with E-state index in [2.05, 4.69) is 10.3 Å². The highest BCUT2D eigenvalue weighted by Gasteiger charge is 2.21. The Kier molecular flexibility index (Phi) is 6.31. The lowest BCUT2D eigenvalue weighted by atomic mass is 10.1. The van der Waals surface area contributed by atoms with Gasteiger partial charge in [0, 0.05) is 11.8 Å².